The number of halogens is 2. The predicted molar refractivity (Wildman–Crippen MR) is 103 cm³/mol. The minimum Gasteiger partial charge on any atom is -0.484 e. The van der Waals surface area contributed by atoms with E-state index < -0.39 is 0 Å². The molecule has 2 aromatic heterocycles. The third kappa shape index (κ3) is 4.84. The third-order valence-corrected chi connectivity index (χ3v) is 4.46. The zero-order valence-corrected chi connectivity index (χ0v) is 16.4. The van der Waals surface area contributed by atoms with E-state index in [4.69, 9.17) is 32.4 Å². The largest absolute Gasteiger partial charge is 0.484 e. The van der Waals surface area contributed by atoms with Crippen LogP contribution in [0.25, 0.3) is 0 Å². The standard InChI is InChI=1S/C19H19Cl2N3O3/c1-3-24-9-8-16(23-24)12(2)22-19(25)18-7-5-14(27-18)11-26-17-6-4-13(20)10-15(17)21/h4-10,12H,3,11H2,1-2H3,(H,22,25). The summed E-state index contributed by atoms with van der Waals surface area (Å²) in [5.74, 6) is 0.889. The van der Waals surface area contributed by atoms with Crippen LogP contribution in [0.3, 0.4) is 0 Å². The molecule has 1 aromatic carbocycles. The molecule has 27 heavy (non-hydrogen) atoms. The van der Waals surface area contributed by atoms with Gasteiger partial charge in [-0.15, -0.1) is 0 Å². The fraction of sp³-hybridized carbons (Fsp3) is 0.263. The number of benzene rings is 1. The topological polar surface area (TPSA) is 69.3 Å². The van der Waals surface area contributed by atoms with Gasteiger partial charge < -0.3 is 14.5 Å². The number of ether oxygens (including phenoxy) is 1. The van der Waals surface area contributed by atoms with Crippen molar-refractivity contribution >= 4 is 29.1 Å². The summed E-state index contributed by atoms with van der Waals surface area (Å²) in [5.41, 5.74) is 0.790. The Balaban J connectivity index is 1.58. The minimum absolute atomic E-state index is 0.144. The molecule has 1 N–H and O–H groups in total. The van der Waals surface area contributed by atoms with Crippen LogP contribution in [0.4, 0.5) is 0 Å². The van der Waals surface area contributed by atoms with Gasteiger partial charge in [0.15, 0.2) is 5.76 Å². The molecule has 1 amide bonds. The summed E-state index contributed by atoms with van der Waals surface area (Å²) >= 11 is 11.9. The Labute approximate surface area is 167 Å². The molecule has 0 saturated heterocycles. The highest BCUT2D eigenvalue weighted by atomic mass is 35.5. The molecule has 0 bridgehead atoms. The van der Waals surface area contributed by atoms with Gasteiger partial charge in [-0.25, -0.2) is 0 Å². The maximum Gasteiger partial charge on any atom is 0.287 e. The Morgan fingerprint density at radius 3 is 2.81 bits per heavy atom. The summed E-state index contributed by atoms with van der Waals surface area (Å²) < 4.78 is 13.0. The predicted octanol–water partition coefficient (Wildman–Crippen LogP) is 4.87. The lowest BCUT2D eigenvalue weighted by atomic mass is 10.2. The first kappa shape index (κ1) is 19.3. The number of hydrogen-bond donors (Lipinski definition) is 1. The van der Waals surface area contributed by atoms with E-state index in [1.165, 1.54) is 0 Å². The number of nitrogens with zero attached hydrogens (tertiary/aromatic N) is 2. The molecule has 0 aliphatic carbocycles. The number of aromatic nitrogens is 2. The fourth-order valence-electron chi connectivity index (χ4n) is 2.44. The van der Waals surface area contributed by atoms with Crippen molar-refractivity contribution < 1.29 is 13.9 Å². The van der Waals surface area contributed by atoms with Crippen LogP contribution in [0.15, 0.2) is 47.0 Å². The van der Waals surface area contributed by atoms with Crippen LogP contribution in [-0.4, -0.2) is 15.7 Å². The molecular weight excluding hydrogens is 389 g/mol. The number of carbonyl (C=O) groups excluding carboxylic acids is 1. The van der Waals surface area contributed by atoms with Gasteiger partial charge in [0.25, 0.3) is 5.91 Å². The van der Waals surface area contributed by atoms with Gasteiger partial charge in [0.1, 0.15) is 18.1 Å². The molecule has 1 unspecified atom stereocenters. The Hall–Kier alpha value is -2.44. The normalized spacial score (nSPS) is 12.0. The Kier molecular flexibility index (Phi) is 6.08. The second-order valence-electron chi connectivity index (χ2n) is 5.92. The molecule has 6 nitrogen and oxygen atoms in total. The first-order valence-corrected chi connectivity index (χ1v) is 9.22. The number of carbonyl (C=O) groups is 1. The summed E-state index contributed by atoms with van der Waals surface area (Å²) in [6.45, 7) is 4.80. The van der Waals surface area contributed by atoms with E-state index in [1.54, 1.807) is 30.3 Å². The van der Waals surface area contributed by atoms with Crippen LogP contribution in [0.5, 0.6) is 5.75 Å². The maximum absolute atomic E-state index is 12.4. The molecule has 1 atom stereocenters. The molecule has 0 radical (unpaired) electrons. The molecule has 0 saturated carbocycles. The molecule has 0 aliphatic rings. The fourth-order valence-corrected chi connectivity index (χ4v) is 2.91. The smallest absolute Gasteiger partial charge is 0.287 e. The number of hydrogen-bond acceptors (Lipinski definition) is 4. The first-order chi connectivity index (χ1) is 13.0. The molecular formula is C19H19Cl2N3O3. The highest BCUT2D eigenvalue weighted by Gasteiger charge is 2.17. The van der Waals surface area contributed by atoms with Crippen molar-refractivity contribution in [1.29, 1.82) is 0 Å². The van der Waals surface area contributed by atoms with E-state index in [-0.39, 0.29) is 24.3 Å². The molecule has 2 heterocycles. The van der Waals surface area contributed by atoms with Crippen molar-refractivity contribution in [1.82, 2.24) is 15.1 Å². The van der Waals surface area contributed by atoms with Crippen molar-refractivity contribution in [2.45, 2.75) is 33.0 Å². The first-order valence-electron chi connectivity index (χ1n) is 8.47. The lowest BCUT2D eigenvalue weighted by molar-refractivity contribution is 0.0907. The molecule has 142 valence electrons. The van der Waals surface area contributed by atoms with Crippen LogP contribution < -0.4 is 10.1 Å². The molecule has 3 rings (SSSR count). The third-order valence-electron chi connectivity index (χ3n) is 3.93. The van der Waals surface area contributed by atoms with Crippen molar-refractivity contribution in [3.63, 3.8) is 0 Å². The van der Waals surface area contributed by atoms with Gasteiger partial charge in [0, 0.05) is 17.8 Å². The van der Waals surface area contributed by atoms with Crippen molar-refractivity contribution in [3.05, 3.63) is 69.9 Å². The molecule has 8 heteroatoms. The van der Waals surface area contributed by atoms with Crippen LogP contribution >= 0.6 is 23.2 Å². The quantitative estimate of drug-likeness (QED) is 0.606. The van der Waals surface area contributed by atoms with Crippen molar-refractivity contribution in [2.24, 2.45) is 0 Å². The van der Waals surface area contributed by atoms with Crippen LogP contribution in [0.1, 0.15) is 41.9 Å². The number of amides is 1. The van der Waals surface area contributed by atoms with Gasteiger partial charge in [-0.3, -0.25) is 9.48 Å². The van der Waals surface area contributed by atoms with Gasteiger partial charge in [0.2, 0.25) is 0 Å². The molecule has 0 fully saturated rings. The van der Waals surface area contributed by atoms with Gasteiger partial charge in [-0.2, -0.15) is 5.10 Å². The van der Waals surface area contributed by atoms with Crippen LogP contribution in [-0.2, 0) is 13.2 Å². The Bertz CT molecular complexity index is 936. The summed E-state index contributed by atoms with van der Waals surface area (Å²) in [4.78, 5) is 12.4. The van der Waals surface area contributed by atoms with Gasteiger partial charge >= 0.3 is 0 Å². The van der Waals surface area contributed by atoms with E-state index in [0.717, 1.165) is 12.2 Å². The lowest BCUT2D eigenvalue weighted by Gasteiger charge is -2.10. The van der Waals surface area contributed by atoms with Crippen molar-refractivity contribution in [2.75, 3.05) is 0 Å². The minimum atomic E-state index is -0.315. The number of rotatable bonds is 7. The summed E-state index contributed by atoms with van der Waals surface area (Å²) in [7, 11) is 0. The highest BCUT2D eigenvalue weighted by Crippen LogP contribution is 2.28. The molecule has 3 aromatic rings. The average molecular weight is 408 g/mol. The monoisotopic (exact) mass is 407 g/mol. The average Bonchev–Trinajstić information content (AvgIpc) is 3.30. The maximum atomic E-state index is 12.4. The second kappa shape index (κ2) is 8.50. The lowest BCUT2D eigenvalue weighted by Crippen LogP contribution is -2.26. The van der Waals surface area contributed by atoms with Crippen molar-refractivity contribution in [3.8, 4) is 5.75 Å². The number of furan rings is 1. The highest BCUT2D eigenvalue weighted by molar-refractivity contribution is 6.35. The van der Waals surface area contributed by atoms with Gasteiger partial charge in [-0.1, -0.05) is 23.2 Å². The van der Waals surface area contributed by atoms with Crippen LogP contribution in [0.2, 0.25) is 10.0 Å². The van der Waals surface area contributed by atoms with E-state index in [1.807, 2.05) is 30.8 Å². The summed E-state index contributed by atoms with van der Waals surface area (Å²) in [6.07, 6.45) is 1.88. The Morgan fingerprint density at radius 2 is 2.11 bits per heavy atom. The Morgan fingerprint density at radius 1 is 1.30 bits per heavy atom. The van der Waals surface area contributed by atoms with Crippen LogP contribution in [0, 0.1) is 0 Å². The van der Waals surface area contributed by atoms with E-state index in [9.17, 15) is 4.79 Å². The SMILES string of the molecule is CCn1ccc(C(C)NC(=O)c2ccc(COc3ccc(Cl)cc3Cl)o2)n1. The zero-order valence-electron chi connectivity index (χ0n) is 14.9. The summed E-state index contributed by atoms with van der Waals surface area (Å²) in [5, 5.41) is 8.19. The zero-order chi connectivity index (χ0) is 19.4. The van der Waals surface area contributed by atoms with Gasteiger partial charge in [-0.05, 0) is 50.2 Å². The second-order valence-corrected chi connectivity index (χ2v) is 6.76. The molecule has 0 aliphatic heterocycles. The number of nitrogens with one attached hydrogen (secondary N) is 1. The summed E-state index contributed by atoms with van der Waals surface area (Å²) in [6, 6.07) is 9.91. The van der Waals surface area contributed by atoms with E-state index in [0.29, 0.717) is 21.6 Å². The molecule has 0 spiro atoms. The van der Waals surface area contributed by atoms with Gasteiger partial charge in [0.05, 0.1) is 16.8 Å². The van der Waals surface area contributed by atoms with E-state index >= 15 is 0 Å². The van der Waals surface area contributed by atoms with E-state index in [2.05, 4.69) is 10.4 Å². The number of aryl methyl sites for hydroxylation is 1.